The zero-order valence-electron chi connectivity index (χ0n) is 17.5. The van der Waals surface area contributed by atoms with Crippen molar-refractivity contribution in [1.82, 2.24) is 29.2 Å². The van der Waals surface area contributed by atoms with E-state index in [4.69, 9.17) is 9.47 Å². The van der Waals surface area contributed by atoms with Crippen molar-refractivity contribution >= 4 is 6.09 Å². The van der Waals surface area contributed by atoms with E-state index in [2.05, 4.69) is 15.1 Å². The van der Waals surface area contributed by atoms with E-state index in [0.717, 1.165) is 5.56 Å². The zero-order valence-corrected chi connectivity index (χ0v) is 17.5. The van der Waals surface area contributed by atoms with Gasteiger partial charge in [-0.25, -0.2) is 19.4 Å². The van der Waals surface area contributed by atoms with Gasteiger partial charge in [0.15, 0.2) is 5.82 Å². The maximum absolute atomic E-state index is 13.3. The van der Waals surface area contributed by atoms with Crippen molar-refractivity contribution in [2.45, 2.75) is 32.7 Å². The average Bonchev–Trinajstić information content (AvgIpc) is 3.37. The van der Waals surface area contributed by atoms with Crippen molar-refractivity contribution in [3.63, 3.8) is 0 Å². The lowest BCUT2D eigenvalue weighted by atomic mass is 10.2. The lowest BCUT2D eigenvalue weighted by molar-refractivity contribution is -0.144. The number of imidazole rings is 1. The first-order chi connectivity index (χ1) is 15.3. The van der Waals surface area contributed by atoms with Gasteiger partial charge >= 0.3 is 12.3 Å². The molecule has 12 heteroatoms. The van der Waals surface area contributed by atoms with Gasteiger partial charge in [-0.3, -0.25) is 4.90 Å². The molecule has 170 valence electrons. The number of amides is 1. The summed E-state index contributed by atoms with van der Waals surface area (Å²) in [7, 11) is 1.53. The van der Waals surface area contributed by atoms with E-state index in [-0.39, 0.29) is 31.2 Å². The number of carbonyl (C=O) groups excluding carboxylic acids is 1. The molecule has 4 rings (SSSR count). The molecular weight excluding hydrogens is 429 g/mol. The molecule has 0 atom stereocenters. The highest BCUT2D eigenvalue weighted by molar-refractivity contribution is 5.67. The SMILES string of the molecule is CCOC(=O)N1CCn2cc(-c3nc(C(F)(F)F)nn3Cc3ccc(OC)cc3)nc2C1. The minimum atomic E-state index is -4.69. The molecule has 0 N–H and O–H groups in total. The van der Waals surface area contributed by atoms with Crippen molar-refractivity contribution in [3.8, 4) is 17.3 Å². The first-order valence-electron chi connectivity index (χ1n) is 9.91. The van der Waals surface area contributed by atoms with Gasteiger partial charge in [0.05, 0.1) is 26.8 Å². The predicted molar refractivity (Wildman–Crippen MR) is 106 cm³/mol. The van der Waals surface area contributed by atoms with E-state index in [9.17, 15) is 18.0 Å². The Bertz CT molecular complexity index is 1110. The van der Waals surface area contributed by atoms with Crippen LogP contribution in [0.15, 0.2) is 30.5 Å². The molecule has 0 saturated heterocycles. The van der Waals surface area contributed by atoms with Crippen LogP contribution in [-0.2, 0) is 30.5 Å². The van der Waals surface area contributed by atoms with Gasteiger partial charge in [-0.1, -0.05) is 12.1 Å². The highest BCUT2D eigenvalue weighted by atomic mass is 19.4. The molecule has 9 nitrogen and oxygen atoms in total. The first-order valence-corrected chi connectivity index (χ1v) is 9.91. The van der Waals surface area contributed by atoms with Crippen LogP contribution in [0.2, 0.25) is 0 Å². The van der Waals surface area contributed by atoms with E-state index >= 15 is 0 Å². The number of carbonyl (C=O) groups is 1. The number of halogens is 3. The summed E-state index contributed by atoms with van der Waals surface area (Å²) in [5.41, 5.74) is 0.977. The second-order valence-electron chi connectivity index (χ2n) is 7.12. The zero-order chi connectivity index (χ0) is 22.9. The molecule has 0 spiro atoms. The molecule has 3 aromatic rings. The van der Waals surface area contributed by atoms with Crippen LogP contribution in [0.25, 0.3) is 11.5 Å². The van der Waals surface area contributed by atoms with E-state index in [1.54, 1.807) is 42.0 Å². The van der Waals surface area contributed by atoms with Crippen LogP contribution >= 0.6 is 0 Å². The maximum Gasteiger partial charge on any atom is 0.453 e. The van der Waals surface area contributed by atoms with Crippen LogP contribution in [0.3, 0.4) is 0 Å². The molecule has 0 aliphatic carbocycles. The largest absolute Gasteiger partial charge is 0.497 e. The first kappa shape index (κ1) is 21.7. The minimum absolute atomic E-state index is 0.00210. The molecule has 1 amide bonds. The standard InChI is InChI=1S/C20H21F3N6O3/c1-3-32-19(30)28-9-8-27-11-15(24-16(27)12-28)17-25-18(20(21,22)23)26-29(17)10-13-4-6-14(31-2)7-5-13/h4-7,11H,3,8-10,12H2,1-2H3. The van der Waals surface area contributed by atoms with Crippen molar-refractivity contribution in [1.29, 1.82) is 0 Å². The third kappa shape index (κ3) is 4.39. The molecule has 0 fully saturated rings. The fourth-order valence-electron chi connectivity index (χ4n) is 3.40. The highest BCUT2D eigenvalue weighted by Crippen LogP contribution is 2.30. The Hall–Kier alpha value is -3.57. The Morgan fingerprint density at radius 3 is 2.56 bits per heavy atom. The number of ether oxygens (including phenoxy) is 2. The van der Waals surface area contributed by atoms with Gasteiger partial charge in [0.25, 0.3) is 5.82 Å². The number of fused-ring (bicyclic) bond motifs is 1. The van der Waals surface area contributed by atoms with Crippen molar-refractivity contribution in [2.24, 2.45) is 0 Å². The second-order valence-corrected chi connectivity index (χ2v) is 7.12. The Kier molecular flexibility index (Phi) is 5.76. The van der Waals surface area contributed by atoms with Gasteiger partial charge in [0, 0.05) is 19.3 Å². The number of hydrogen-bond donors (Lipinski definition) is 0. The summed E-state index contributed by atoms with van der Waals surface area (Å²) in [6.45, 7) is 3.09. The predicted octanol–water partition coefficient (Wildman–Crippen LogP) is 3.19. The molecule has 1 aliphatic heterocycles. The molecule has 2 aromatic heterocycles. The highest BCUT2D eigenvalue weighted by Gasteiger charge is 2.38. The monoisotopic (exact) mass is 450 g/mol. The Morgan fingerprint density at radius 2 is 1.91 bits per heavy atom. The van der Waals surface area contributed by atoms with E-state index in [0.29, 0.717) is 24.7 Å². The molecule has 0 saturated carbocycles. The third-order valence-electron chi connectivity index (χ3n) is 4.97. The topological polar surface area (TPSA) is 87.3 Å². The number of rotatable bonds is 5. The van der Waals surface area contributed by atoms with Crippen molar-refractivity contribution < 1.29 is 27.4 Å². The molecule has 0 unspecified atom stereocenters. The summed E-state index contributed by atoms with van der Waals surface area (Å²) in [4.78, 5) is 21.7. The number of methoxy groups -OCH3 is 1. The molecule has 0 radical (unpaired) electrons. The van der Waals surface area contributed by atoms with Crippen LogP contribution in [0, 0.1) is 0 Å². The number of hydrogen-bond acceptors (Lipinski definition) is 6. The second kappa shape index (κ2) is 8.52. The number of nitrogens with zero attached hydrogens (tertiary/aromatic N) is 6. The fraction of sp³-hybridized carbons (Fsp3) is 0.400. The Labute approximate surface area is 181 Å². The van der Waals surface area contributed by atoms with Crippen LogP contribution in [-0.4, -0.2) is 55.6 Å². The number of benzene rings is 1. The van der Waals surface area contributed by atoms with Crippen LogP contribution in [0.1, 0.15) is 24.1 Å². The molecule has 32 heavy (non-hydrogen) atoms. The fourth-order valence-corrected chi connectivity index (χ4v) is 3.40. The number of alkyl halides is 3. The lowest BCUT2D eigenvalue weighted by Crippen LogP contribution is -2.38. The quantitative estimate of drug-likeness (QED) is 0.594. The smallest absolute Gasteiger partial charge is 0.453 e. The van der Waals surface area contributed by atoms with Gasteiger partial charge in [-0.05, 0) is 24.6 Å². The molecule has 1 aliphatic rings. The summed E-state index contributed by atoms with van der Waals surface area (Å²) in [6.07, 6.45) is -3.52. The average molecular weight is 450 g/mol. The molecule has 3 heterocycles. The Morgan fingerprint density at radius 1 is 1.16 bits per heavy atom. The third-order valence-corrected chi connectivity index (χ3v) is 4.97. The summed E-state index contributed by atoms with van der Waals surface area (Å²) in [5, 5.41) is 3.68. The Balaban J connectivity index is 1.66. The lowest BCUT2D eigenvalue weighted by Gasteiger charge is -2.26. The van der Waals surface area contributed by atoms with Crippen LogP contribution in [0.4, 0.5) is 18.0 Å². The molecule has 0 bridgehead atoms. The molecular formula is C20H21F3N6O3. The number of aromatic nitrogens is 5. The summed E-state index contributed by atoms with van der Waals surface area (Å²) in [5.74, 6) is -0.0683. The van der Waals surface area contributed by atoms with E-state index < -0.39 is 18.1 Å². The summed E-state index contributed by atoms with van der Waals surface area (Å²) >= 11 is 0. The van der Waals surface area contributed by atoms with Gasteiger partial charge in [-0.15, -0.1) is 5.10 Å². The van der Waals surface area contributed by atoms with Crippen molar-refractivity contribution in [3.05, 3.63) is 47.7 Å². The van der Waals surface area contributed by atoms with Gasteiger partial charge in [0.1, 0.15) is 17.3 Å². The van der Waals surface area contributed by atoms with Crippen LogP contribution in [0.5, 0.6) is 5.75 Å². The van der Waals surface area contributed by atoms with E-state index in [1.165, 1.54) is 16.7 Å². The summed E-state index contributed by atoms with van der Waals surface area (Å²) in [6, 6.07) is 6.92. The minimum Gasteiger partial charge on any atom is -0.497 e. The normalized spacial score (nSPS) is 13.7. The van der Waals surface area contributed by atoms with Crippen LogP contribution < -0.4 is 4.74 Å². The van der Waals surface area contributed by atoms with Gasteiger partial charge in [-0.2, -0.15) is 13.2 Å². The molecule has 1 aromatic carbocycles. The summed E-state index contributed by atoms with van der Waals surface area (Å²) < 4.78 is 53.1. The van der Waals surface area contributed by atoms with Gasteiger partial charge in [0.2, 0.25) is 0 Å². The van der Waals surface area contributed by atoms with Gasteiger partial charge < -0.3 is 14.0 Å². The van der Waals surface area contributed by atoms with Crippen molar-refractivity contribution in [2.75, 3.05) is 20.3 Å². The maximum atomic E-state index is 13.3. The van der Waals surface area contributed by atoms with E-state index in [1.807, 2.05) is 0 Å².